The summed E-state index contributed by atoms with van der Waals surface area (Å²) in [4.78, 5) is 33.6. The molecular weight excluding hydrogens is 284 g/mol. The van der Waals surface area contributed by atoms with Crippen LogP contribution in [0.4, 0.5) is 0 Å². The first-order valence-electron chi connectivity index (χ1n) is 5.89. The number of amides is 2. The van der Waals surface area contributed by atoms with Crippen LogP contribution in [0.1, 0.15) is 28.8 Å². The van der Waals surface area contributed by atoms with Crippen LogP contribution >= 0.6 is 11.6 Å². The molecule has 0 unspecified atom stereocenters. The maximum atomic E-state index is 11.9. The van der Waals surface area contributed by atoms with Crippen molar-refractivity contribution in [2.45, 2.75) is 25.8 Å². The summed E-state index contributed by atoms with van der Waals surface area (Å²) in [6.45, 7) is 1.74. The highest BCUT2D eigenvalue weighted by atomic mass is 35.5. The molecule has 1 atom stereocenters. The van der Waals surface area contributed by atoms with Gasteiger partial charge in [-0.15, -0.1) is 0 Å². The molecule has 0 bridgehead atoms. The van der Waals surface area contributed by atoms with Gasteiger partial charge in [0.1, 0.15) is 6.04 Å². The van der Waals surface area contributed by atoms with Crippen LogP contribution in [0.25, 0.3) is 0 Å². The predicted molar refractivity (Wildman–Crippen MR) is 73.5 cm³/mol. The lowest BCUT2D eigenvalue weighted by Crippen LogP contribution is -2.41. The molecule has 0 spiro atoms. The molecule has 1 rings (SSSR count). The van der Waals surface area contributed by atoms with Gasteiger partial charge >= 0.3 is 5.97 Å². The van der Waals surface area contributed by atoms with Crippen molar-refractivity contribution in [3.63, 3.8) is 0 Å². The molecule has 0 heterocycles. The Morgan fingerprint density at radius 3 is 2.55 bits per heavy atom. The fraction of sp³-hybridized carbons (Fsp3) is 0.308. The zero-order chi connectivity index (χ0) is 15.3. The Morgan fingerprint density at radius 2 is 2.05 bits per heavy atom. The van der Waals surface area contributed by atoms with E-state index in [1.165, 1.54) is 6.07 Å². The Bertz CT molecular complexity index is 545. The number of carbonyl (C=O) groups is 3. The zero-order valence-corrected chi connectivity index (χ0v) is 11.6. The van der Waals surface area contributed by atoms with Gasteiger partial charge < -0.3 is 16.2 Å². The number of primary amides is 1. The van der Waals surface area contributed by atoms with Crippen LogP contribution in [0.15, 0.2) is 18.2 Å². The smallest absolute Gasteiger partial charge is 0.326 e. The first kappa shape index (κ1) is 16.0. The highest BCUT2D eigenvalue weighted by Crippen LogP contribution is 2.16. The van der Waals surface area contributed by atoms with E-state index in [0.29, 0.717) is 16.1 Å². The summed E-state index contributed by atoms with van der Waals surface area (Å²) in [6.07, 6.45) is -0.167. The van der Waals surface area contributed by atoms with E-state index in [1.54, 1.807) is 19.1 Å². The minimum Gasteiger partial charge on any atom is -0.480 e. The van der Waals surface area contributed by atoms with Gasteiger partial charge in [0.05, 0.1) is 0 Å². The number of nitrogens with one attached hydrogen (secondary N) is 1. The van der Waals surface area contributed by atoms with Gasteiger partial charge in [-0.1, -0.05) is 11.6 Å². The molecule has 0 aliphatic rings. The van der Waals surface area contributed by atoms with Gasteiger partial charge in [0, 0.05) is 17.0 Å². The molecule has 2 amide bonds. The lowest BCUT2D eigenvalue weighted by molar-refractivity contribution is -0.139. The number of carboxylic acid groups (broad SMARTS) is 1. The normalized spacial score (nSPS) is 11.7. The molecule has 1 aromatic rings. The number of halogens is 1. The Balaban J connectivity index is 2.77. The van der Waals surface area contributed by atoms with E-state index >= 15 is 0 Å². The van der Waals surface area contributed by atoms with Gasteiger partial charge in [-0.3, -0.25) is 9.59 Å². The Labute approximate surface area is 120 Å². The molecule has 0 fully saturated rings. The summed E-state index contributed by atoms with van der Waals surface area (Å²) in [5, 5.41) is 11.9. The van der Waals surface area contributed by atoms with E-state index in [4.69, 9.17) is 22.4 Å². The van der Waals surface area contributed by atoms with Gasteiger partial charge in [-0.2, -0.15) is 0 Å². The summed E-state index contributed by atoms with van der Waals surface area (Å²) in [7, 11) is 0. The summed E-state index contributed by atoms with van der Waals surface area (Å²) < 4.78 is 0. The molecule has 4 N–H and O–H groups in total. The number of aliphatic carboxylic acids is 1. The number of carboxylic acids is 1. The van der Waals surface area contributed by atoms with Crippen molar-refractivity contribution in [3.8, 4) is 0 Å². The fourth-order valence-corrected chi connectivity index (χ4v) is 1.69. The second-order valence-electron chi connectivity index (χ2n) is 4.33. The monoisotopic (exact) mass is 298 g/mol. The number of rotatable bonds is 6. The minimum absolute atomic E-state index is 0.0526. The second-order valence-corrected chi connectivity index (χ2v) is 4.74. The molecule has 108 valence electrons. The highest BCUT2D eigenvalue weighted by Gasteiger charge is 2.21. The molecule has 7 heteroatoms. The molecule has 0 aliphatic carbocycles. The first-order chi connectivity index (χ1) is 9.31. The quantitative estimate of drug-likeness (QED) is 0.730. The number of nitrogens with two attached hydrogens (primary N) is 1. The van der Waals surface area contributed by atoms with Crippen LogP contribution in [0.3, 0.4) is 0 Å². The van der Waals surface area contributed by atoms with Crippen molar-refractivity contribution < 1.29 is 19.5 Å². The molecular formula is C13H15ClN2O4. The number of hydrogen-bond donors (Lipinski definition) is 3. The number of carbonyl (C=O) groups excluding carboxylic acids is 2. The van der Waals surface area contributed by atoms with Crippen molar-refractivity contribution in [1.82, 2.24) is 5.32 Å². The molecule has 0 saturated heterocycles. The molecule has 6 nitrogen and oxygen atoms in total. The third-order valence-electron chi connectivity index (χ3n) is 2.70. The third-order valence-corrected chi connectivity index (χ3v) is 3.13. The van der Waals surface area contributed by atoms with E-state index in [1.807, 2.05) is 0 Å². The molecule has 0 saturated carbocycles. The maximum Gasteiger partial charge on any atom is 0.326 e. The lowest BCUT2D eigenvalue weighted by Gasteiger charge is -2.14. The van der Waals surface area contributed by atoms with Crippen molar-refractivity contribution in [1.29, 1.82) is 0 Å². The number of aryl methyl sites for hydroxylation is 1. The molecule has 20 heavy (non-hydrogen) atoms. The Kier molecular flexibility index (Phi) is 5.52. The Morgan fingerprint density at radius 1 is 1.40 bits per heavy atom. The largest absolute Gasteiger partial charge is 0.480 e. The second kappa shape index (κ2) is 6.91. The lowest BCUT2D eigenvalue weighted by atomic mass is 10.1. The molecule has 0 aliphatic heterocycles. The van der Waals surface area contributed by atoms with Gasteiger partial charge in [0.25, 0.3) is 5.91 Å². The molecule has 1 aromatic carbocycles. The van der Waals surface area contributed by atoms with Crippen molar-refractivity contribution in [2.75, 3.05) is 0 Å². The van der Waals surface area contributed by atoms with Gasteiger partial charge in [0.2, 0.25) is 5.91 Å². The van der Waals surface area contributed by atoms with Crippen LogP contribution in [-0.4, -0.2) is 28.9 Å². The van der Waals surface area contributed by atoms with Crippen molar-refractivity contribution >= 4 is 29.4 Å². The van der Waals surface area contributed by atoms with E-state index in [9.17, 15) is 14.4 Å². The van der Waals surface area contributed by atoms with Crippen LogP contribution < -0.4 is 11.1 Å². The summed E-state index contributed by atoms with van der Waals surface area (Å²) in [5.41, 5.74) is 5.97. The van der Waals surface area contributed by atoms with Gasteiger partial charge in [-0.25, -0.2) is 4.79 Å². The number of benzene rings is 1. The van der Waals surface area contributed by atoms with Crippen LogP contribution in [0.5, 0.6) is 0 Å². The molecule has 0 aromatic heterocycles. The summed E-state index contributed by atoms with van der Waals surface area (Å²) >= 11 is 5.85. The van der Waals surface area contributed by atoms with E-state index in [-0.39, 0.29) is 12.8 Å². The van der Waals surface area contributed by atoms with Crippen LogP contribution in [-0.2, 0) is 9.59 Å². The summed E-state index contributed by atoms with van der Waals surface area (Å²) in [6, 6.07) is 3.46. The SMILES string of the molecule is Cc1cc(C(=O)N[C@@H](CCC(N)=O)C(=O)O)ccc1Cl. The molecule has 0 radical (unpaired) electrons. The van der Waals surface area contributed by atoms with Crippen molar-refractivity contribution in [2.24, 2.45) is 5.73 Å². The van der Waals surface area contributed by atoms with Gasteiger partial charge in [-0.05, 0) is 37.1 Å². The Hall–Kier alpha value is -2.08. The topological polar surface area (TPSA) is 109 Å². The van der Waals surface area contributed by atoms with Crippen LogP contribution in [0, 0.1) is 6.92 Å². The predicted octanol–water partition coefficient (Wildman–Crippen LogP) is 1.10. The van der Waals surface area contributed by atoms with Crippen LogP contribution in [0.2, 0.25) is 5.02 Å². The first-order valence-corrected chi connectivity index (χ1v) is 6.27. The van der Waals surface area contributed by atoms with Gasteiger partial charge in [0.15, 0.2) is 0 Å². The van der Waals surface area contributed by atoms with E-state index in [0.717, 1.165) is 0 Å². The zero-order valence-electron chi connectivity index (χ0n) is 10.9. The third kappa shape index (κ3) is 4.55. The van der Waals surface area contributed by atoms with Crippen molar-refractivity contribution in [3.05, 3.63) is 34.3 Å². The highest BCUT2D eigenvalue weighted by molar-refractivity contribution is 6.31. The fourth-order valence-electron chi connectivity index (χ4n) is 1.57. The summed E-state index contributed by atoms with van der Waals surface area (Å²) in [5.74, 6) is -2.38. The number of hydrogen-bond acceptors (Lipinski definition) is 3. The average Bonchev–Trinajstić information content (AvgIpc) is 2.36. The van der Waals surface area contributed by atoms with E-state index in [2.05, 4.69) is 5.32 Å². The standard InChI is InChI=1S/C13H15ClN2O4/c1-7-6-8(2-3-9(7)14)12(18)16-10(13(19)20)4-5-11(15)17/h2-3,6,10H,4-5H2,1H3,(H2,15,17)(H,16,18)(H,19,20)/t10-/m0/s1. The maximum absolute atomic E-state index is 11.9. The van der Waals surface area contributed by atoms with E-state index < -0.39 is 23.8 Å². The minimum atomic E-state index is -1.22. The average molecular weight is 299 g/mol.